The molecule has 0 unspecified atom stereocenters. The fourth-order valence-corrected chi connectivity index (χ4v) is 2.30. The van der Waals surface area contributed by atoms with Gasteiger partial charge in [-0.1, -0.05) is 26.7 Å². The molecule has 6 heteroatoms. The minimum atomic E-state index is -1.53. The zero-order valence-electron chi connectivity index (χ0n) is 11.8. The van der Waals surface area contributed by atoms with Crippen LogP contribution in [0.2, 0.25) is 0 Å². The van der Waals surface area contributed by atoms with E-state index in [1.165, 1.54) is 5.01 Å². The van der Waals surface area contributed by atoms with Gasteiger partial charge in [-0.15, -0.1) is 0 Å². The Morgan fingerprint density at radius 2 is 1.95 bits per heavy atom. The van der Waals surface area contributed by atoms with Gasteiger partial charge in [0.1, 0.15) is 17.5 Å². The Bertz CT molecular complexity index is 525. The van der Waals surface area contributed by atoms with Gasteiger partial charge in [-0.05, 0) is 12.8 Å². The molecule has 1 heterocycles. The van der Waals surface area contributed by atoms with Crippen LogP contribution in [0.4, 0.5) is 0 Å². The van der Waals surface area contributed by atoms with Gasteiger partial charge in [-0.25, -0.2) is 5.01 Å². The Kier molecular flexibility index (Phi) is 5.12. The van der Waals surface area contributed by atoms with E-state index in [-0.39, 0.29) is 11.4 Å². The molecule has 104 valence electrons. The second-order valence-electron chi connectivity index (χ2n) is 4.64. The summed E-state index contributed by atoms with van der Waals surface area (Å²) in [5, 5.41) is 33.8. The van der Waals surface area contributed by atoms with Crippen molar-refractivity contribution in [1.29, 1.82) is 15.8 Å². The quantitative estimate of drug-likeness (QED) is 0.767. The van der Waals surface area contributed by atoms with E-state index in [1.54, 1.807) is 6.21 Å². The molecule has 1 aliphatic rings. The smallest absolute Gasteiger partial charge is 0.204 e. The predicted octanol–water partition coefficient (Wildman–Crippen LogP) is 1.98. The second-order valence-corrected chi connectivity index (χ2v) is 4.64. The summed E-state index contributed by atoms with van der Waals surface area (Å²) in [7, 11) is 0. The first-order chi connectivity index (χ1) is 9.62. The van der Waals surface area contributed by atoms with Crippen molar-refractivity contribution in [2.75, 3.05) is 0 Å². The van der Waals surface area contributed by atoms with Crippen molar-refractivity contribution in [1.82, 2.24) is 5.01 Å². The lowest BCUT2D eigenvalue weighted by atomic mass is 9.77. The van der Waals surface area contributed by atoms with Crippen molar-refractivity contribution in [2.24, 2.45) is 16.3 Å². The van der Waals surface area contributed by atoms with Gasteiger partial charge in [0, 0.05) is 6.21 Å². The monoisotopic (exact) mass is 270 g/mol. The summed E-state index contributed by atoms with van der Waals surface area (Å²) >= 11 is 0. The third kappa shape index (κ3) is 2.31. The minimum Gasteiger partial charge on any atom is -0.383 e. The van der Waals surface area contributed by atoms with Crippen LogP contribution >= 0.6 is 0 Å². The lowest BCUT2D eigenvalue weighted by molar-refractivity contribution is 0.223. The van der Waals surface area contributed by atoms with Crippen LogP contribution < -0.4 is 5.73 Å². The Balaban J connectivity index is 3.32. The van der Waals surface area contributed by atoms with Crippen LogP contribution in [0.3, 0.4) is 0 Å². The van der Waals surface area contributed by atoms with Crippen LogP contribution in [-0.4, -0.2) is 17.3 Å². The van der Waals surface area contributed by atoms with Gasteiger partial charge in [-0.2, -0.15) is 20.9 Å². The van der Waals surface area contributed by atoms with Crippen molar-refractivity contribution < 1.29 is 0 Å². The summed E-state index contributed by atoms with van der Waals surface area (Å²) in [6, 6.07) is 5.35. The molecule has 1 rings (SSSR count). The van der Waals surface area contributed by atoms with Gasteiger partial charge in [0.15, 0.2) is 0 Å². The number of nitrogens with two attached hydrogens (primary N) is 1. The van der Waals surface area contributed by atoms with Crippen molar-refractivity contribution in [2.45, 2.75) is 45.6 Å². The van der Waals surface area contributed by atoms with E-state index in [9.17, 15) is 15.8 Å². The van der Waals surface area contributed by atoms with Crippen molar-refractivity contribution in [3.63, 3.8) is 0 Å². The molecule has 0 radical (unpaired) electrons. The van der Waals surface area contributed by atoms with Crippen molar-refractivity contribution in [3.8, 4) is 18.2 Å². The lowest BCUT2D eigenvalue weighted by Gasteiger charge is -2.27. The molecule has 2 N–H and O–H groups in total. The molecular formula is C14H18N6. The van der Waals surface area contributed by atoms with Crippen molar-refractivity contribution >= 4 is 6.21 Å². The molecule has 0 spiro atoms. The largest absolute Gasteiger partial charge is 0.383 e. The molecule has 0 bridgehead atoms. The predicted molar refractivity (Wildman–Crippen MR) is 74.4 cm³/mol. The lowest BCUT2D eigenvalue weighted by Crippen LogP contribution is -2.38. The first-order valence-electron chi connectivity index (χ1n) is 6.67. The molecular weight excluding hydrogens is 252 g/mol. The molecule has 0 aromatic rings. The number of rotatable bonds is 5. The molecule has 0 aromatic carbocycles. The Labute approximate surface area is 119 Å². The fourth-order valence-electron chi connectivity index (χ4n) is 2.30. The number of nitriles is 3. The van der Waals surface area contributed by atoms with Gasteiger partial charge in [-0.3, -0.25) is 0 Å². The van der Waals surface area contributed by atoms with Crippen LogP contribution in [0.5, 0.6) is 0 Å². The van der Waals surface area contributed by atoms with Gasteiger partial charge >= 0.3 is 0 Å². The second kappa shape index (κ2) is 6.59. The highest BCUT2D eigenvalue weighted by atomic mass is 15.5. The highest BCUT2D eigenvalue weighted by Crippen LogP contribution is 2.43. The van der Waals surface area contributed by atoms with Crippen LogP contribution in [0.25, 0.3) is 0 Å². The van der Waals surface area contributed by atoms with E-state index in [4.69, 9.17) is 5.73 Å². The molecule has 0 amide bonds. The topological polar surface area (TPSA) is 113 Å². The first kappa shape index (κ1) is 15.5. The molecule has 0 saturated heterocycles. The average molecular weight is 270 g/mol. The normalized spacial score (nSPS) is 20.8. The van der Waals surface area contributed by atoms with E-state index in [2.05, 4.69) is 5.10 Å². The first-order valence-corrected chi connectivity index (χ1v) is 6.67. The zero-order chi connectivity index (χ0) is 15.2. The fraction of sp³-hybridized carbons (Fsp3) is 0.571. The van der Waals surface area contributed by atoms with E-state index < -0.39 is 11.5 Å². The highest BCUT2D eigenvalue weighted by Gasteiger charge is 2.54. The van der Waals surface area contributed by atoms with E-state index >= 15 is 0 Å². The highest BCUT2D eigenvalue weighted by molar-refractivity contribution is 5.58. The summed E-state index contributed by atoms with van der Waals surface area (Å²) in [5.74, 6) is 0.112. The third-order valence-electron chi connectivity index (χ3n) is 3.34. The zero-order valence-corrected chi connectivity index (χ0v) is 11.8. The average Bonchev–Trinajstić information content (AvgIpc) is 2.69. The molecule has 6 nitrogen and oxygen atoms in total. The maximum atomic E-state index is 9.43. The molecule has 0 fully saturated rings. The third-order valence-corrected chi connectivity index (χ3v) is 3.34. The van der Waals surface area contributed by atoms with E-state index in [0.717, 1.165) is 19.3 Å². The molecule has 0 aliphatic carbocycles. The van der Waals surface area contributed by atoms with Crippen LogP contribution in [0.15, 0.2) is 16.5 Å². The van der Waals surface area contributed by atoms with Gasteiger partial charge in [0.05, 0.1) is 18.2 Å². The van der Waals surface area contributed by atoms with E-state index in [0.29, 0.717) is 6.42 Å². The Morgan fingerprint density at radius 1 is 1.30 bits per heavy atom. The van der Waals surface area contributed by atoms with Crippen LogP contribution in [0, 0.1) is 39.4 Å². The maximum absolute atomic E-state index is 9.43. The number of nitrogens with zero attached hydrogens (tertiary/aromatic N) is 5. The number of unbranched alkanes of at least 4 members (excludes halogenated alkanes) is 1. The summed E-state index contributed by atoms with van der Waals surface area (Å²) in [4.78, 5) is 0. The number of hydrogen-bond acceptors (Lipinski definition) is 6. The summed E-state index contributed by atoms with van der Waals surface area (Å²) in [6.07, 6.45) is 4.75. The summed E-state index contributed by atoms with van der Waals surface area (Å²) < 4.78 is 0. The van der Waals surface area contributed by atoms with Crippen molar-refractivity contribution in [3.05, 3.63) is 11.4 Å². The van der Waals surface area contributed by atoms with E-state index in [1.807, 2.05) is 32.1 Å². The maximum Gasteiger partial charge on any atom is 0.204 e. The summed E-state index contributed by atoms with van der Waals surface area (Å²) in [5.41, 5.74) is 4.41. The number of hydrogen-bond donors (Lipinski definition) is 1. The number of hydrazone groups is 1. The van der Waals surface area contributed by atoms with Gasteiger partial charge < -0.3 is 5.73 Å². The van der Waals surface area contributed by atoms with Crippen LogP contribution in [-0.2, 0) is 0 Å². The molecule has 20 heavy (non-hydrogen) atoms. The molecule has 1 aliphatic heterocycles. The molecule has 0 saturated carbocycles. The standard InChI is InChI=1S/C14H18N6/c1-3-5-7-19-20-12(6-4-2)14(9-16,10-17)11(8-15)13(20)18/h7,12H,3-6,18H2,1-2H3/b19-7-/t12-/m1/s1. The van der Waals surface area contributed by atoms with Gasteiger partial charge in [0.25, 0.3) is 0 Å². The molecule has 0 aromatic heterocycles. The Hall–Kier alpha value is -2.52. The summed E-state index contributed by atoms with van der Waals surface area (Å²) in [6.45, 7) is 3.97. The van der Waals surface area contributed by atoms with Crippen LogP contribution in [0.1, 0.15) is 39.5 Å². The molecule has 1 atom stereocenters. The SMILES string of the molecule is CCC/C=N\N1C(N)=C(C#N)C(C#N)(C#N)[C@H]1CCC. The van der Waals surface area contributed by atoms with Gasteiger partial charge in [0.2, 0.25) is 5.41 Å². The minimum absolute atomic E-state index is 0.00889. The Morgan fingerprint density at radius 3 is 2.40 bits per heavy atom.